The molecule has 1 heterocycles. The van der Waals surface area contributed by atoms with Gasteiger partial charge in [-0.3, -0.25) is 4.79 Å². The van der Waals surface area contributed by atoms with Gasteiger partial charge in [0.2, 0.25) is 0 Å². The fraction of sp³-hybridized carbons (Fsp3) is 0.227. The van der Waals surface area contributed by atoms with Gasteiger partial charge >= 0.3 is 0 Å². The highest BCUT2D eigenvalue weighted by molar-refractivity contribution is 6.04. The van der Waals surface area contributed by atoms with Crippen molar-refractivity contribution in [3.63, 3.8) is 0 Å². The summed E-state index contributed by atoms with van der Waals surface area (Å²) in [5, 5.41) is 2.31. The molecule has 0 unspecified atom stereocenters. The summed E-state index contributed by atoms with van der Waals surface area (Å²) < 4.78 is 0. The zero-order valence-electron chi connectivity index (χ0n) is 14.0. The molecule has 1 aliphatic rings. The number of Topliss-reactive ketones (excluding diaryl/α,β-unsaturated/α-hetero) is 1. The van der Waals surface area contributed by atoms with Crippen LogP contribution in [0.4, 0.5) is 5.69 Å². The van der Waals surface area contributed by atoms with Gasteiger partial charge in [-0.1, -0.05) is 36.4 Å². The quantitative estimate of drug-likeness (QED) is 0.610. The minimum atomic E-state index is 0.107. The lowest BCUT2D eigenvalue weighted by Gasteiger charge is -2.18. The van der Waals surface area contributed by atoms with Gasteiger partial charge in [-0.15, -0.1) is 0 Å². The number of carbonyl (C=O) groups excluding carboxylic acids is 1. The predicted octanol–water partition coefficient (Wildman–Crippen LogP) is 5.31. The third kappa shape index (κ3) is 2.69. The fourth-order valence-electron chi connectivity index (χ4n) is 3.58. The van der Waals surface area contributed by atoms with Crippen molar-refractivity contribution in [2.45, 2.75) is 19.8 Å². The molecule has 4 rings (SSSR count). The summed E-state index contributed by atoms with van der Waals surface area (Å²) in [6, 6.07) is 21.1. The molecule has 1 aliphatic heterocycles. The van der Waals surface area contributed by atoms with Crippen molar-refractivity contribution in [2.24, 2.45) is 0 Å². The van der Waals surface area contributed by atoms with Crippen molar-refractivity contribution < 1.29 is 4.79 Å². The summed E-state index contributed by atoms with van der Waals surface area (Å²) in [5.74, 6) is 0.107. The minimum absolute atomic E-state index is 0.107. The topological polar surface area (TPSA) is 20.3 Å². The maximum absolute atomic E-state index is 11.9. The Morgan fingerprint density at radius 3 is 2.33 bits per heavy atom. The van der Waals surface area contributed by atoms with Crippen LogP contribution in [0, 0.1) is 0 Å². The number of ketones is 1. The zero-order chi connectivity index (χ0) is 16.5. The molecule has 2 heteroatoms. The van der Waals surface area contributed by atoms with E-state index in [1.165, 1.54) is 23.9 Å². The van der Waals surface area contributed by atoms with Crippen molar-refractivity contribution >= 4 is 22.2 Å². The highest BCUT2D eigenvalue weighted by Crippen LogP contribution is 2.32. The Labute approximate surface area is 142 Å². The number of carbonyl (C=O) groups is 1. The molecular formula is C22H21NO. The Hall–Kier alpha value is -2.61. The summed E-state index contributed by atoms with van der Waals surface area (Å²) in [5.41, 5.74) is 4.36. The van der Waals surface area contributed by atoms with Crippen LogP contribution < -0.4 is 4.90 Å². The second-order valence-corrected chi connectivity index (χ2v) is 6.54. The predicted molar refractivity (Wildman–Crippen MR) is 101 cm³/mol. The van der Waals surface area contributed by atoms with Gasteiger partial charge in [0.05, 0.1) is 0 Å². The van der Waals surface area contributed by atoms with Crippen molar-refractivity contribution in [3.8, 4) is 11.1 Å². The first-order valence-corrected chi connectivity index (χ1v) is 8.61. The first-order chi connectivity index (χ1) is 11.7. The van der Waals surface area contributed by atoms with E-state index in [9.17, 15) is 4.79 Å². The molecule has 0 radical (unpaired) electrons. The van der Waals surface area contributed by atoms with Gasteiger partial charge in [0.25, 0.3) is 0 Å². The van der Waals surface area contributed by atoms with Gasteiger partial charge < -0.3 is 4.90 Å². The summed E-state index contributed by atoms with van der Waals surface area (Å²) in [7, 11) is 0. The summed E-state index contributed by atoms with van der Waals surface area (Å²) in [6.45, 7) is 3.94. The van der Waals surface area contributed by atoms with Crippen LogP contribution in [-0.2, 0) is 0 Å². The second kappa shape index (κ2) is 6.12. The van der Waals surface area contributed by atoms with Crippen molar-refractivity contribution in [1.82, 2.24) is 0 Å². The Balaban J connectivity index is 1.81. The van der Waals surface area contributed by atoms with Crippen LogP contribution in [0.15, 0.2) is 60.7 Å². The SMILES string of the molecule is CC(=O)c1cc(-c2ccc(N3CCCC3)cc2)c2ccccc2c1. The summed E-state index contributed by atoms with van der Waals surface area (Å²) in [6.07, 6.45) is 2.57. The molecule has 3 aromatic rings. The number of hydrogen-bond acceptors (Lipinski definition) is 2. The molecule has 0 amide bonds. The average Bonchev–Trinajstić information content (AvgIpc) is 3.15. The fourth-order valence-corrected chi connectivity index (χ4v) is 3.58. The van der Waals surface area contributed by atoms with E-state index < -0.39 is 0 Å². The van der Waals surface area contributed by atoms with Crippen molar-refractivity contribution in [1.29, 1.82) is 0 Å². The lowest BCUT2D eigenvalue weighted by Crippen LogP contribution is -2.17. The monoisotopic (exact) mass is 315 g/mol. The lowest BCUT2D eigenvalue weighted by atomic mass is 9.94. The van der Waals surface area contributed by atoms with Crippen LogP contribution in [0.25, 0.3) is 21.9 Å². The highest BCUT2D eigenvalue weighted by atomic mass is 16.1. The van der Waals surface area contributed by atoms with Crippen LogP contribution in [-0.4, -0.2) is 18.9 Å². The average molecular weight is 315 g/mol. The van der Waals surface area contributed by atoms with E-state index in [0.717, 1.165) is 35.2 Å². The van der Waals surface area contributed by atoms with Crippen molar-refractivity contribution in [3.05, 3.63) is 66.2 Å². The molecule has 120 valence electrons. The van der Waals surface area contributed by atoms with E-state index in [4.69, 9.17) is 0 Å². The standard InChI is InChI=1S/C22H21NO/c1-16(24)19-14-18-6-2-3-7-21(18)22(15-19)17-8-10-20(11-9-17)23-12-4-5-13-23/h2-3,6-11,14-15H,4-5,12-13H2,1H3. The van der Waals surface area contributed by atoms with Crippen LogP contribution in [0.5, 0.6) is 0 Å². The Morgan fingerprint density at radius 2 is 1.62 bits per heavy atom. The Kier molecular flexibility index (Phi) is 3.81. The number of benzene rings is 3. The van der Waals surface area contributed by atoms with Gasteiger partial charge in [-0.2, -0.15) is 0 Å². The van der Waals surface area contributed by atoms with Crippen LogP contribution >= 0.6 is 0 Å². The number of nitrogens with zero attached hydrogens (tertiary/aromatic N) is 1. The maximum Gasteiger partial charge on any atom is 0.159 e. The van der Waals surface area contributed by atoms with Crippen LogP contribution in [0.2, 0.25) is 0 Å². The molecule has 0 aliphatic carbocycles. The minimum Gasteiger partial charge on any atom is -0.372 e. The molecule has 1 fully saturated rings. The van der Waals surface area contributed by atoms with Gasteiger partial charge in [0.1, 0.15) is 0 Å². The second-order valence-electron chi connectivity index (χ2n) is 6.54. The smallest absolute Gasteiger partial charge is 0.159 e. The molecular weight excluding hydrogens is 294 g/mol. The van der Waals surface area contributed by atoms with E-state index in [1.54, 1.807) is 6.92 Å². The van der Waals surface area contributed by atoms with Crippen LogP contribution in [0.3, 0.4) is 0 Å². The molecule has 2 nitrogen and oxygen atoms in total. The van der Waals surface area contributed by atoms with E-state index in [0.29, 0.717) is 0 Å². The lowest BCUT2D eigenvalue weighted by molar-refractivity contribution is 0.101. The normalized spacial score (nSPS) is 14.3. The van der Waals surface area contributed by atoms with E-state index in [1.807, 2.05) is 18.2 Å². The molecule has 3 aromatic carbocycles. The molecule has 0 bridgehead atoms. The third-order valence-corrected chi connectivity index (χ3v) is 4.92. The third-order valence-electron chi connectivity index (χ3n) is 4.92. The van der Waals surface area contributed by atoms with E-state index in [-0.39, 0.29) is 5.78 Å². The molecule has 0 saturated carbocycles. The molecule has 24 heavy (non-hydrogen) atoms. The van der Waals surface area contributed by atoms with Gasteiger partial charge in [-0.25, -0.2) is 0 Å². The van der Waals surface area contributed by atoms with E-state index in [2.05, 4.69) is 47.4 Å². The Bertz CT molecular complexity index is 889. The first kappa shape index (κ1) is 14.9. The molecule has 0 atom stereocenters. The molecule has 0 aromatic heterocycles. The van der Waals surface area contributed by atoms with Gasteiger partial charge in [0, 0.05) is 24.3 Å². The summed E-state index contributed by atoms with van der Waals surface area (Å²) >= 11 is 0. The van der Waals surface area contributed by atoms with E-state index >= 15 is 0 Å². The number of fused-ring (bicyclic) bond motifs is 1. The summed E-state index contributed by atoms with van der Waals surface area (Å²) in [4.78, 5) is 14.3. The molecule has 0 spiro atoms. The van der Waals surface area contributed by atoms with Gasteiger partial charge in [-0.05, 0) is 65.9 Å². The highest BCUT2D eigenvalue weighted by Gasteiger charge is 2.13. The molecule has 0 N–H and O–H groups in total. The Morgan fingerprint density at radius 1 is 0.917 bits per heavy atom. The molecule has 1 saturated heterocycles. The van der Waals surface area contributed by atoms with Crippen LogP contribution in [0.1, 0.15) is 30.1 Å². The number of hydrogen-bond donors (Lipinski definition) is 0. The number of anilines is 1. The maximum atomic E-state index is 11.9. The number of rotatable bonds is 3. The van der Waals surface area contributed by atoms with Crippen molar-refractivity contribution in [2.75, 3.05) is 18.0 Å². The largest absolute Gasteiger partial charge is 0.372 e. The zero-order valence-corrected chi connectivity index (χ0v) is 14.0. The first-order valence-electron chi connectivity index (χ1n) is 8.61. The van der Waals surface area contributed by atoms with Gasteiger partial charge in [0.15, 0.2) is 5.78 Å².